The molecule has 0 unspecified atom stereocenters. The lowest BCUT2D eigenvalue weighted by Gasteiger charge is -2.12. The molecule has 5 nitrogen and oxygen atoms in total. The summed E-state index contributed by atoms with van der Waals surface area (Å²) in [6.07, 6.45) is 0. The van der Waals surface area contributed by atoms with E-state index in [4.69, 9.17) is 11.6 Å². The van der Waals surface area contributed by atoms with Crippen LogP contribution in [0.25, 0.3) is 11.4 Å². The molecule has 7 heteroatoms. The Labute approximate surface area is 139 Å². The third kappa shape index (κ3) is 3.81. The average molecular weight is 339 g/mol. The SMILES string of the molecule is CCNC(=O)[C@H](C)Sc1nnc(-c2cccc(Cl)c2)n1CC. The van der Waals surface area contributed by atoms with Gasteiger partial charge in [-0.2, -0.15) is 0 Å². The lowest BCUT2D eigenvalue weighted by atomic mass is 10.2. The molecule has 0 aliphatic heterocycles. The number of aromatic nitrogens is 3. The molecule has 1 heterocycles. The molecule has 118 valence electrons. The van der Waals surface area contributed by atoms with Gasteiger partial charge in [0, 0.05) is 23.7 Å². The zero-order chi connectivity index (χ0) is 16.1. The second kappa shape index (κ2) is 7.65. The van der Waals surface area contributed by atoms with Crippen LogP contribution in [0.3, 0.4) is 0 Å². The van der Waals surface area contributed by atoms with Crippen LogP contribution in [0.4, 0.5) is 0 Å². The fraction of sp³-hybridized carbons (Fsp3) is 0.400. The second-order valence-electron chi connectivity index (χ2n) is 4.72. The number of carbonyl (C=O) groups excluding carboxylic acids is 1. The van der Waals surface area contributed by atoms with Crippen LogP contribution in [0.2, 0.25) is 5.02 Å². The third-order valence-electron chi connectivity index (χ3n) is 3.12. The summed E-state index contributed by atoms with van der Waals surface area (Å²) in [6, 6.07) is 7.52. The summed E-state index contributed by atoms with van der Waals surface area (Å²) in [5, 5.41) is 12.5. The molecule has 2 rings (SSSR count). The van der Waals surface area contributed by atoms with Gasteiger partial charge in [0.05, 0.1) is 5.25 Å². The quantitative estimate of drug-likeness (QED) is 0.821. The molecule has 2 aromatic rings. The van der Waals surface area contributed by atoms with Gasteiger partial charge in [-0.15, -0.1) is 10.2 Å². The number of halogens is 1. The first-order valence-electron chi connectivity index (χ1n) is 7.20. The van der Waals surface area contributed by atoms with E-state index in [9.17, 15) is 4.79 Å². The molecule has 0 radical (unpaired) electrons. The number of carbonyl (C=O) groups is 1. The lowest BCUT2D eigenvalue weighted by Crippen LogP contribution is -2.30. The Bertz CT molecular complexity index is 659. The van der Waals surface area contributed by atoms with Crippen molar-refractivity contribution < 1.29 is 4.79 Å². The number of thioether (sulfide) groups is 1. The van der Waals surface area contributed by atoms with Gasteiger partial charge in [-0.25, -0.2) is 0 Å². The summed E-state index contributed by atoms with van der Waals surface area (Å²) in [7, 11) is 0. The molecule has 22 heavy (non-hydrogen) atoms. The molecule has 0 saturated carbocycles. The molecular formula is C15H19ClN4OS. The molecule has 1 aromatic heterocycles. The van der Waals surface area contributed by atoms with Crippen LogP contribution in [0.5, 0.6) is 0 Å². The summed E-state index contributed by atoms with van der Waals surface area (Å²) in [5.74, 6) is 0.762. The summed E-state index contributed by atoms with van der Waals surface area (Å²) in [5.41, 5.74) is 0.916. The Kier molecular flexibility index (Phi) is 5.85. The number of nitrogens with one attached hydrogen (secondary N) is 1. The van der Waals surface area contributed by atoms with Crippen molar-refractivity contribution in [3.63, 3.8) is 0 Å². The minimum Gasteiger partial charge on any atom is -0.355 e. The minimum atomic E-state index is -0.221. The van der Waals surface area contributed by atoms with E-state index in [1.165, 1.54) is 11.8 Å². The predicted molar refractivity (Wildman–Crippen MR) is 90.1 cm³/mol. The van der Waals surface area contributed by atoms with Crippen LogP contribution in [0.1, 0.15) is 20.8 Å². The van der Waals surface area contributed by atoms with Gasteiger partial charge in [-0.3, -0.25) is 4.79 Å². The Morgan fingerprint density at radius 2 is 2.18 bits per heavy atom. The van der Waals surface area contributed by atoms with Gasteiger partial charge in [0.15, 0.2) is 11.0 Å². The molecular weight excluding hydrogens is 320 g/mol. The third-order valence-corrected chi connectivity index (χ3v) is 4.43. The van der Waals surface area contributed by atoms with Gasteiger partial charge in [-0.1, -0.05) is 35.5 Å². The van der Waals surface area contributed by atoms with E-state index in [0.717, 1.165) is 23.1 Å². The fourth-order valence-electron chi connectivity index (χ4n) is 2.03. The van der Waals surface area contributed by atoms with Crippen molar-refractivity contribution in [2.24, 2.45) is 0 Å². The second-order valence-corrected chi connectivity index (χ2v) is 6.46. The van der Waals surface area contributed by atoms with Gasteiger partial charge in [0.1, 0.15) is 0 Å². The van der Waals surface area contributed by atoms with Crippen molar-refractivity contribution in [1.82, 2.24) is 20.1 Å². The van der Waals surface area contributed by atoms with Crippen molar-refractivity contribution in [3.05, 3.63) is 29.3 Å². The highest BCUT2D eigenvalue weighted by Crippen LogP contribution is 2.27. The van der Waals surface area contributed by atoms with E-state index in [2.05, 4.69) is 15.5 Å². The Morgan fingerprint density at radius 1 is 1.41 bits per heavy atom. The van der Waals surface area contributed by atoms with Crippen molar-refractivity contribution in [1.29, 1.82) is 0 Å². The Hall–Kier alpha value is -1.53. The molecule has 0 spiro atoms. The molecule has 1 aromatic carbocycles. The van der Waals surface area contributed by atoms with E-state index < -0.39 is 0 Å². The van der Waals surface area contributed by atoms with Crippen molar-refractivity contribution in [2.75, 3.05) is 6.54 Å². The molecule has 0 aliphatic carbocycles. The minimum absolute atomic E-state index is 0.00228. The molecule has 0 bridgehead atoms. The summed E-state index contributed by atoms with van der Waals surface area (Å²) >= 11 is 7.45. The molecule has 1 amide bonds. The molecule has 1 N–H and O–H groups in total. The highest BCUT2D eigenvalue weighted by atomic mass is 35.5. The smallest absolute Gasteiger partial charge is 0.233 e. The number of hydrogen-bond acceptors (Lipinski definition) is 4. The van der Waals surface area contributed by atoms with E-state index in [1.807, 2.05) is 49.6 Å². The van der Waals surface area contributed by atoms with Crippen molar-refractivity contribution in [2.45, 2.75) is 37.7 Å². The maximum absolute atomic E-state index is 11.9. The van der Waals surface area contributed by atoms with E-state index in [1.54, 1.807) is 0 Å². The highest BCUT2D eigenvalue weighted by Gasteiger charge is 2.19. The lowest BCUT2D eigenvalue weighted by molar-refractivity contribution is -0.120. The highest BCUT2D eigenvalue weighted by molar-refractivity contribution is 8.00. The van der Waals surface area contributed by atoms with E-state index in [-0.39, 0.29) is 11.2 Å². The summed E-state index contributed by atoms with van der Waals surface area (Å²) in [4.78, 5) is 11.9. The van der Waals surface area contributed by atoms with Crippen LogP contribution < -0.4 is 5.32 Å². The predicted octanol–water partition coefficient (Wildman–Crippen LogP) is 3.24. The van der Waals surface area contributed by atoms with E-state index >= 15 is 0 Å². The van der Waals surface area contributed by atoms with Crippen LogP contribution in [0.15, 0.2) is 29.4 Å². The largest absolute Gasteiger partial charge is 0.355 e. The van der Waals surface area contributed by atoms with Gasteiger partial charge < -0.3 is 9.88 Å². The topological polar surface area (TPSA) is 59.8 Å². The van der Waals surface area contributed by atoms with Gasteiger partial charge in [-0.05, 0) is 32.9 Å². The Morgan fingerprint density at radius 3 is 2.82 bits per heavy atom. The standard InChI is InChI=1S/C15H19ClN4OS/c1-4-17-14(21)10(3)22-15-19-18-13(20(15)5-2)11-7-6-8-12(16)9-11/h6-10H,4-5H2,1-3H3,(H,17,21)/t10-/m0/s1. The summed E-state index contributed by atoms with van der Waals surface area (Å²) in [6.45, 7) is 7.14. The first-order valence-corrected chi connectivity index (χ1v) is 8.46. The number of rotatable bonds is 6. The zero-order valence-corrected chi connectivity index (χ0v) is 14.4. The molecule has 0 saturated heterocycles. The van der Waals surface area contributed by atoms with Gasteiger partial charge >= 0.3 is 0 Å². The maximum atomic E-state index is 11.9. The fourth-order valence-corrected chi connectivity index (χ4v) is 3.16. The maximum Gasteiger partial charge on any atom is 0.233 e. The number of hydrogen-bond donors (Lipinski definition) is 1. The molecule has 0 aliphatic rings. The number of nitrogens with zero attached hydrogens (tertiary/aromatic N) is 3. The first kappa shape index (κ1) is 16.8. The monoisotopic (exact) mass is 338 g/mol. The van der Waals surface area contributed by atoms with Crippen LogP contribution in [-0.2, 0) is 11.3 Å². The van der Waals surface area contributed by atoms with Crippen molar-refractivity contribution in [3.8, 4) is 11.4 Å². The zero-order valence-electron chi connectivity index (χ0n) is 12.8. The van der Waals surface area contributed by atoms with Crippen LogP contribution >= 0.6 is 23.4 Å². The van der Waals surface area contributed by atoms with Crippen molar-refractivity contribution >= 4 is 29.3 Å². The normalized spacial score (nSPS) is 12.2. The van der Waals surface area contributed by atoms with Crippen LogP contribution in [0, 0.1) is 0 Å². The van der Waals surface area contributed by atoms with Crippen LogP contribution in [-0.4, -0.2) is 32.5 Å². The first-order chi connectivity index (χ1) is 10.6. The molecule has 1 atom stereocenters. The molecule has 0 fully saturated rings. The average Bonchev–Trinajstić information content (AvgIpc) is 2.90. The summed E-state index contributed by atoms with van der Waals surface area (Å²) < 4.78 is 1.99. The van der Waals surface area contributed by atoms with E-state index in [0.29, 0.717) is 11.6 Å². The van der Waals surface area contributed by atoms with Gasteiger partial charge in [0.2, 0.25) is 5.91 Å². The van der Waals surface area contributed by atoms with Gasteiger partial charge in [0.25, 0.3) is 0 Å². The Balaban J connectivity index is 2.26. The number of benzene rings is 1. The number of amides is 1.